The van der Waals surface area contributed by atoms with E-state index in [4.69, 9.17) is 5.73 Å². The lowest BCUT2D eigenvalue weighted by Crippen LogP contribution is -2.33. The van der Waals surface area contributed by atoms with Gasteiger partial charge in [-0.05, 0) is 63.4 Å². The summed E-state index contributed by atoms with van der Waals surface area (Å²) in [5, 5.41) is 0. The summed E-state index contributed by atoms with van der Waals surface area (Å²) in [4.78, 5) is 2.67. The smallest absolute Gasteiger partial charge is 0.240 e. The van der Waals surface area contributed by atoms with Gasteiger partial charge in [0, 0.05) is 24.8 Å². The Morgan fingerprint density at radius 3 is 2.71 bits per heavy atom. The van der Waals surface area contributed by atoms with Gasteiger partial charge in [-0.25, -0.2) is 13.1 Å². The fraction of sp³-hybridized carbons (Fsp3) is 0.600. The molecule has 0 aliphatic carbocycles. The Morgan fingerprint density at radius 2 is 2.14 bits per heavy atom. The average Bonchev–Trinajstić information content (AvgIpc) is 2.89. The summed E-state index contributed by atoms with van der Waals surface area (Å²) in [7, 11) is -3.45. The molecule has 0 saturated carbocycles. The minimum atomic E-state index is -3.45. The zero-order valence-electron chi connectivity index (χ0n) is 13.0. The molecule has 1 heterocycles. The molecule has 0 spiro atoms. The van der Waals surface area contributed by atoms with Crippen molar-refractivity contribution in [3.8, 4) is 0 Å². The van der Waals surface area contributed by atoms with Crippen molar-refractivity contribution in [3.63, 3.8) is 0 Å². The van der Waals surface area contributed by atoms with Gasteiger partial charge < -0.3 is 10.6 Å². The average molecular weight is 311 g/mol. The number of rotatable bonds is 5. The predicted octanol–water partition coefficient (Wildman–Crippen LogP) is 1.59. The van der Waals surface area contributed by atoms with Gasteiger partial charge in [0.05, 0.1) is 4.90 Å². The van der Waals surface area contributed by atoms with Crippen LogP contribution >= 0.6 is 0 Å². The van der Waals surface area contributed by atoms with Gasteiger partial charge in [0.15, 0.2) is 0 Å². The lowest BCUT2D eigenvalue weighted by molar-refractivity contribution is 0.265. The number of nitrogen functional groups attached to an aromatic ring is 1. The Bertz CT molecular complexity index is 599. The first-order chi connectivity index (χ1) is 9.79. The maximum atomic E-state index is 12.3. The number of hydrogen-bond donors (Lipinski definition) is 2. The molecule has 6 heteroatoms. The summed E-state index contributed by atoms with van der Waals surface area (Å²) in [6.45, 7) is 8.65. The second-order valence-electron chi connectivity index (χ2n) is 6.11. The number of nitrogens with two attached hydrogens (primary N) is 1. The first kappa shape index (κ1) is 16.3. The third-order valence-electron chi connectivity index (χ3n) is 4.16. The van der Waals surface area contributed by atoms with Crippen LogP contribution in [0.4, 0.5) is 5.69 Å². The monoisotopic (exact) mass is 311 g/mol. The largest absolute Gasteiger partial charge is 0.399 e. The van der Waals surface area contributed by atoms with Crippen molar-refractivity contribution in [2.24, 2.45) is 5.92 Å². The maximum Gasteiger partial charge on any atom is 0.240 e. The van der Waals surface area contributed by atoms with E-state index >= 15 is 0 Å². The Hall–Kier alpha value is -1.11. The molecule has 3 N–H and O–H groups in total. The molecule has 0 radical (unpaired) electrons. The van der Waals surface area contributed by atoms with Crippen LogP contribution in [-0.2, 0) is 10.0 Å². The Kier molecular flexibility index (Phi) is 4.91. The first-order valence-corrected chi connectivity index (χ1v) is 8.88. The van der Waals surface area contributed by atoms with Crippen LogP contribution in [0.25, 0.3) is 0 Å². The van der Waals surface area contributed by atoms with Gasteiger partial charge in [0.1, 0.15) is 0 Å². The zero-order valence-corrected chi connectivity index (χ0v) is 13.8. The van der Waals surface area contributed by atoms with Crippen LogP contribution < -0.4 is 10.5 Å². The molecule has 1 aromatic rings. The molecule has 118 valence electrons. The standard InChI is InChI=1S/C15H25N3O2S/c1-11(2)18-7-6-13(10-18)9-17-21(19,20)14-4-5-15(16)12(3)8-14/h4-5,8,11,13,17H,6-7,9-10,16H2,1-3H3. The second-order valence-corrected chi connectivity index (χ2v) is 7.88. The van der Waals surface area contributed by atoms with E-state index in [1.165, 1.54) is 0 Å². The topological polar surface area (TPSA) is 75.4 Å². The number of likely N-dealkylation sites (tertiary alicyclic amines) is 1. The summed E-state index contributed by atoms with van der Waals surface area (Å²) in [6, 6.07) is 5.33. The molecule has 0 aromatic heterocycles. The second kappa shape index (κ2) is 6.34. The van der Waals surface area contributed by atoms with Crippen LogP contribution in [0.2, 0.25) is 0 Å². The third-order valence-corrected chi connectivity index (χ3v) is 5.58. The number of anilines is 1. The molecular weight excluding hydrogens is 286 g/mol. The minimum absolute atomic E-state index is 0.285. The Morgan fingerprint density at radius 1 is 1.43 bits per heavy atom. The van der Waals surface area contributed by atoms with Crippen molar-refractivity contribution >= 4 is 15.7 Å². The maximum absolute atomic E-state index is 12.3. The van der Waals surface area contributed by atoms with E-state index in [0.717, 1.165) is 25.1 Å². The van der Waals surface area contributed by atoms with Gasteiger partial charge in [0.25, 0.3) is 0 Å². The fourth-order valence-corrected chi connectivity index (χ4v) is 3.83. The van der Waals surface area contributed by atoms with Crippen LogP contribution in [0.15, 0.2) is 23.1 Å². The molecule has 1 aliphatic rings. The molecule has 1 atom stereocenters. The van der Waals surface area contributed by atoms with Crippen molar-refractivity contribution in [2.45, 2.75) is 38.1 Å². The highest BCUT2D eigenvalue weighted by Gasteiger charge is 2.25. The fourth-order valence-electron chi connectivity index (χ4n) is 2.62. The molecule has 5 nitrogen and oxygen atoms in total. The van der Waals surface area contributed by atoms with Gasteiger partial charge in [-0.2, -0.15) is 0 Å². The van der Waals surface area contributed by atoms with Crippen molar-refractivity contribution in [1.29, 1.82) is 0 Å². The molecule has 21 heavy (non-hydrogen) atoms. The number of sulfonamides is 1. The summed E-state index contributed by atoms with van der Waals surface area (Å²) in [6.07, 6.45) is 1.04. The van der Waals surface area contributed by atoms with Gasteiger partial charge in [-0.1, -0.05) is 0 Å². The Balaban J connectivity index is 1.97. The first-order valence-electron chi connectivity index (χ1n) is 7.39. The normalized spacial score (nSPS) is 20.3. The van der Waals surface area contributed by atoms with E-state index in [9.17, 15) is 8.42 Å². The van der Waals surface area contributed by atoms with Crippen LogP contribution in [-0.4, -0.2) is 39.0 Å². The van der Waals surface area contributed by atoms with Crippen molar-refractivity contribution in [1.82, 2.24) is 9.62 Å². The SMILES string of the molecule is Cc1cc(S(=O)(=O)NCC2CCN(C(C)C)C2)ccc1N. The van der Waals surface area contributed by atoms with Crippen LogP contribution in [0, 0.1) is 12.8 Å². The molecule has 1 saturated heterocycles. The highest BCUT2D eigenvalue weighted by atomic mass is 32.2. The van der Waals surface area contributed by atoms with Crippen molar-refractivity contribution in [3.05, 3.63) is 23.8 Å². The zero-order chi connectivity index (χ0) is 15.6. The summed E-state index contributed by atoms with van der Waals surface area (Å²) < 4.78 is 27.3. The number of nitrogens with one attached hydrogen (secondary N) is 1. The van der Waals surface area contributed by atoms with Crippen LogP contribution in [0.5, 0.6) is 0 Å². The van der Waals surface area contributed by atoms with E-state index in [1.54, 1.807) is 18.2 Å². The quantitative estimate of drug-likeness (QED) is 0.810. The highest BCUT2D eigenvalue weighted by molar-refractivity contribution is 7.89. The summed E-state index contributed by atoms with van der Waals surface area (Å²) in [5.74, 6) is 0.386. The van der Waals surface area contributed by atoms with E-state index in [1.807, 2.05) is 6.92 Å². The van der Waals surface area contributed by atoms with E-state index in [0.29, 0.717) is 24.2 Å². The van der Waals surface area contributed by atoms with Crippen molar-refractivity contribution in [2.75, 3.05) is 25.4 Å². The molecule has 2 rings (SSSR count). The molecular formula is C15H25N3O2S. The summed E-state index contributed by atoms with van der Waals surface area (Å²) in [5.41, 5.74) is 7.12. The van der Waals surface area contributed by atoms with E-state index in [2.05, 4.69) is 23.5 Å². The molecule has 1 unspecified atom stereocenters. The molecule has 0 bridgehead atoms. The van der Waals surface area contributed by atoms with Gasteiger partial charge in [0.2, 0.25) is 10.0 Å². The van der Waals surface area contributed by atoms with Crippen LogP contribution in [0.1, 0.15) is 25.8 Å². The lowest BCUT2D eigenvalue weighted by Gasteiger charge is -2.20. The molecule has 1 fully saturated rings. The number of nitrogens with zero attached hydrogens (tertiary/aromatic N) is 1. The predicted molar refractivity (Wildman–Crippen MR) is 85.6 cm³/mol. The molecule has 0 amide bonds. The molecule has 1 aromatic carbocycles. The number of hydrogen-bond acceptors (Lipinski definition) is 4. The van der Waals surface area contributed by atoms with Gasteiger partial charge in [-0.15, -0.1) is 0 Å². The van der Waals surface area contributed by atoms with Gasteiger partial charge in [-0.3, -0.25) is 0 Å². The van der Waals surface area contributed by atoms with Crippen molar-refractivity contribution < 1.29 is 8.42 Å². The van der Waals surface area contributed by atoms with E-state index < -0.39 is 10.0 Å². The summed E-state index contributed by atoms with van der Waals surface area (Å²) >= 11 is 0. The Labute approximate surface area is 127 Å². The number of benzene rings is 1. The highest BCUT2D eigenvalue weighted by Crippen LogP contribution is 2.20. The molecule has 1 aliphatic heterocycles. The minimum Gasteiger partial charge on any atom is -0.399 e. The van der Waals surface area contributed by atoms with Gasteiger partial charge >= 0.3 is 0 Å². The van der Waals surface area contributed by atoms with E-state index in [-0.39, 0.29) is 4.90 Å². The van der Waals surface area contributed by atoms with Crippen LogP contribution in [0.3, 0.4) is 0 Å². The third kappa shape index (κ3) is 3.96. The lowest BCUT2D eigenvalue weighted by atomic mass is 10.1. The number of aryl methyl sites for hydroxylation is 1.